The molecule has 0 radical (unpaired) electrons. The predicted octanol–water partition coefficient (Wildman–Crippen LogP) is 8.37. The van der Waals surface area contributed by atoms with Gasteiger partial charge in [0.05, 0.1) is 0 Å². The number of benzene rings is 2. The molecular formula is C25H28ClI. The summed E-state index contributed by atoms with van der Waals surface area (Å²) in [5.41, 5.74) is 6.33. The van der Waals surface area contributed by atoms with E-state index in [0.717, 1.165) is 16.9 Å². The molecule has 0 bridgehead atoms. The Bertz CT molecular complexity index is 772. The number of halogens is 2. The second-order valence-electron chi connectivity index (χ2n) is 8.92. The molecular weight excluding hydrogens is 463 g/mol. The lowest BCUT2D eigenvalue weighted by atomic mass is 9.55. The summed E-state index contributed by atoms with van der Waals surface area (Å²) in [6.07, 6.45) is 13.9. The molecule has 2 aromatic carbocycles. The van der Waals surface area contributed by atoms with Crippen molar-refractivity contribution in [1.82, 2.24) is 0 Å². The standard InChI is InChI=1S/C25H28ClI/c26-19-11-13-21-22-14-12-20(27)16-24(22)25(23(21)15-19,17-7-3-1-4-8-17)18-9-5-2-6-10-18/h11-18H,1-10H2. The molecule has 5 rings (SSSR count). The highest BCUT2D eigenvalue weighted by molar-refractivity contribution is 14.1. The average molecular weight is 491 g/mol. The maximum Gasteiger partial charge on any atom is 0.0409 e. The van der Waals surface area contributed by atoms with Gasteiger partial charge < -0.3 is 0 Å². The Balaban J connectivity index is 1.80. The lowest BCUT2D eigenvalue weighted by Gasteiger charge is -2.49. The molecule has 0 unspecified atom stereocenters. The van der Waals surface area contributed by atoms with Crippen LogP contribution in [0.5, 0.6) is 0 Å². The normalized spacial score (nSPS) is 22.4. The minimum Gasteiger partial charge on any atom is -0.0843 e. The Kier molecular flexibility index (Phi) is 5.05. The second kappa shape index (κ2) is 7.37. The van der Waals surface area contributed by atoms with Gasteiger partial charge in [0.15, 0.2) is 0 Å². The van der Waals surface area contributed by atoms with E-state index in [0.29, 0.717) is 0 Å². The van der Waals surface area contributed by atoms with Crippen LogP contribution in [0.2, 0.25) is 5.02 Å². The van der Waals surface area contributed by atoms with E-state index in [9.17, 15) is 0 Å². The van der Waals surface area contributed by atoms with Gasteiger partial charge in [-0.25, -0.2) is 0 Å². The Morgan fingerprint density at radius 2 is 1.22 bits per heavy atom. The van der Waals surface area contributed by atoms with E-state index in [4.69, 9.17) is 11.6 Å². The summed E-state index contributed by atoms with van der Waals surface area (Å²) in [4.78, 5) is 0. The van der Waals surface area contributed by atoms with Gasteiger partial charge in [-0.3, -0.25) is 0 Å². The van der Waals surface area contributed by atoms with Crippen LogP contribution >= 0.6 is 34.2 Å². The SMILES string of the molecule is Clc1ccc2c(c1)C(C1CCCCC1)(C1CCCCC1)c1cc(I)ccc1-2. The summed E-state index contributed by atoms with van der Waals surface area (Å²) >= 11 is 9.11. The lowest BCUT2D eigenvalue weighted by Crippen LogP contribution is -2.44. The van der Waals surface area contributed by atoms with Crippen LogP contribution in [0.25, 0.3) is 11.1 Å². The van der Waals surface area contributed by atoms with E-state index in [1.54, 1.807) is 11.1 Å². The van der Waals surface area contributed by atoms with Crippen molar-refractivity contribution in [2.45, 2.75) is 69.6 Å². The second-order valence-corrected chi connectivity index (χ2v) is 10.6. The number of hydrogen-bond acceptors (Lipinski definition) is 0. The van der Waals surface area contributed by atoms with E-state index in [2.05, 4.69) is 59.0 Å². The van der Waals surface area contributed by atoms with Crippen LogP contribution in [0.3, 0.4) is 0 Å². The van der Waals surface area contributed by atoms with E-state index in [-0.39, 0.29) is 5.41 Å². The lowest BCUT2D eigenvalue weighted by molar-refractivity contribution is 0.137. The third kappa shape index (κ3) is 2.90. The Morgan fingerprint density at radius 1 is 0.704 bits per heavy atom. The van der Waals surface area contributed by atoms with E-state index < -0.39 is 0 Å². The van der Waals surface area contributed by atoms with Crippen molar-refractivity contribution in [1.29, 1.82) is 0 Å². The fraction of sp³-hybridized carbons (Fsp3) is 0.520. The third-order valence-corrected chi connectivity index (χ3v) is 8.55. The van der Waals surface area contributed by atoms with Crippen LogP contribution in [0, 0.1) is 15.4 Å². The number of fused-ring (bicyclic) bond motifs is 3. The van der Waals surface area contributed by atoms with E-state index >= 15 is 0 Å². The number of hydrogen-bond donors (Lipinski definition) is 0. The molecule has 2 heteroatoms. The molecule has 0 heterocycles. The van der Waals surface area contributed by atoms with Crippen molar-refractivity contribution in [3.8, 4) is 11.1 Å². The molecule has 27 heavy (non-hydrogen) atoms. The fourth-order valence-corrected chi connectivity index (χ4v) is 7.32. The molecule has 0 N–H and O–H groups in total. The highest BCUT2D eigenvalue weighted by Crippen LogP contribution is 2.62. The molecule has 2 aromatic rings. The monoisotopic (exact) mass is 490 g/mol. The van der Waals surface area contributed by atoms with Crippen LogP contribution in [0.1, 0.15) is 75.3 Å². The average Bonchev–Trinajstić information content (AvgIpc) is 2.99. The van der Waals surface area contributed by atoms with Crippen LogP contribution in [0.4, 0.5) is 0 Å². The van der Waals surface area contributed by atoms with Crippen molar-refractivity contribution in [2.75, 3.05) is 0 Å². The minimum absolute atomic E-state index is 0.192. The van der Waals surface area contributed by atoms with Crippen molar-refractivity contribution in [2.24, 2.45) is 11.8 Å². The quantitative estimate of drug-likeness (QED) is 0.371. The maximum atomic E-state index is 6.60. The van der Waals surface area contributed by atoms with Gasteiger partial charge in [-0.05, 0) is 107 Å². The molecule has 0 saturated heterocycles. The predicted molar refractivity (Wildman–Crippen MR) is 124 cm³/mol. The molecule has 0 amide bonds. The summed E-state index contributed by atoms with van der Waals surface area (Å²) in [6, 6.07) is 13.9. The molecule has 0 spiro atoms. The summed E-state index contributed by atoms with van der Waals surface area (Å²) < 4.78 is 1.38. The van der Waals surface area contributed by atoms with Crippen LogP contribution < -0.4 is 0 Å². The zero-order valence-corrected chi connectivity index (χ0v) is 18.9. The molecule has 0 atom stereocenters. The molecule has 3 aliphatic carbocycles. The van der Waals surface area contributed by atoms with Gasteiger partial charge in [0.25, 0.3) is 0 Å². The summed E-state index contributed by atoms with van der Waals surface area (Å²) in [6.45, 7) is 0. The summed E-state index contributed by atoms with van der Waals surface area (Å²) in [5.74, 6) is 1.54. The van der Waals surface area contributed by atoms with Gasteiger partial charge >= 0.3 is 0 Å². The van der Waals surface area contributed by atoms with Gasteiger partial charge in [0, 0.05) is 14.0 Å². The van der Waals surface area contributed by atoms with Gasteiger partial charge in [-0.2, -0.15) is 0 Å². The van der Waals surface area contributed by atoms with Crippen molar-refractivity contribution in [3.63, 3.8) is 0 Å². The first kappa shape index (κ1) is 18.5. The Labute approximate surface area is 182 Å². The number of rotatable bonds is 2. The maximum absolute atomic E-state index is 6.60. The zero-order chi connectivity index (χ0) is 18.4. The summed E-state index contributed by atoms with van der Waals surface area (Å²) in [7, 11) is 0. The largest absolute Gasteiger partial charge is 0.0843 e. The first-order chi connectivity index (χ1) is 13.2. The van der Waals surface area contributed by atoms with Crippen LogP contribution in [0.15, 0.2) is 36.4 Å². The molecule has 2 fully saturated rings. The fourth-order valence-electron chi connectivity index (χ4n) is 6.66. The van der Waals surface area contributed by atoms with E-state index in [1.807, 2.05) is 0 Å². The Hall–Kier alpha value is -0.540. The highest BCUT2D eigenvalue weighted by Gasteiger charge is 2.53. The van der Waals surface area contributed by atoms with Gasteiger partial charge in [0.1, 0.15) is 0 Å². The topological polar surface area (TPSA) is 0 Å². The molecule has 0 aromatic heterocycles. The third-order valence-electron chi connectivity index (χ3n) is 7.64. The van der Waals surface area contributed by atoms with Crippen molar-refractivity contribution >= 4 is 34.2 Å². The van der Waals surface area contributed by atoms with Crippen molar-refractivity contribution < 1.29 is 0 Å². The van der Waals surface area contributed by atoms with Crippen LogP contribution in [-0.2, 0) is 5.41 Å². The van der Waals surface area contributed by atoms with E-state index in [1.165, 1.54) is 78.9 Å². The first-order valence-electron chi connectivity index (χ1n) is 10.8. The zero-order valence-electron chi connectivity index (χ0n) is 15.9. The minimum atomic E-state index is 0.192. The smallest absolute Gasteiger partial charge is 0.0409 e. The highest BCUT2D eigenvalue weighted by atomic mass is 127. The first-order valence-corrected chi connectivity index (χ1v) is 12.3. The summed E-state index contributed by atoms with van der Waals surface area (Å²) in [5, 5.41) is 0.909. The van der Waals surface area contributed by atoms with Gasteiger partial charge in [0.2, 0.25) is 0 Å². The van der Waals surface area contributed by atoms with Gasteiger partial charge in [-0.15, -0.1) is 0 Å². The molecule has 0 nitrogen and oxygen atoms in total. The Morgan fingerprint density at radius 3 is 1.81 bits per heavy atom. The molecule has 2 saturated carbocycles. The molecule has 3 aliphatic rings. The molecule has 0 aliphatic heterocycles. The van der Waals surface area contributed by atoms with Crippen LogP contribution in [-0.4, -0.2) is 0 Å². The van der Waals surface area contributed by atoms with Crippen molar-refractivity contribution in [3.05, 3.63) is 56.1 Å². The van der Waals surface area contributed by atoms with Gasteiger partial charge in [-0.1, -0.05) is 62.3 Å². The molecule has 142 valence electrons.